The van der Waals surface area contributed by atoms with Crippen molar-refractivity contribution in [1.29, 1.82) is 0 Å². The highest BCUT2D eigenvalue weighted by Gasteiger charge is 2.28. The molecular weight excluding hydrogens is 299 g/mol. The molecule has 0 atom stereocenters. The molecule has 1 aromatic heterocycles. The Kier molecular flexibility index (Phi) is 3.83. The molecule has 0 bridgehead atoms. The molecular formula is C12H5F5N2O2. The fraction of sp³-hybridized carbons (Fsp3) is 0.0833. The van der Waals surface area contributed by atoms with Crippen LogP contribution in [0.5, 0.6) is 0 Å². The first-order chi connectivity index (χ1) is 9.84. The first kappa shape index (κ1) is 14.8. The van der Waals surface area contributed by atoms with Gasteiger partial charge in [0.05, 0.1) is 17.7 Å². The topological polar surface area (TPSA) is 63.1 Å². The summed E-state index contributed by atoms with van der Waals surface area (Å²) in [6.07, 6.45) is 0.989. The molecule has 0 amide bonds. The molecule has 1 N–H and O–H groups in total. The minimum Gasteiger partial charge on any atom is -0.481 e. The lowest BCUT2D eigenvalue weighted by molar-refractivity contribution is -0.136. The van der Waals surface area contributed by atoms with Crippen molar-refractivity contribution in [2.75, 3.05) is 0 Å². The molecule has 9 heteroatoms. The Morgan fingerprint density at radius 1 is 1.00 bits per heavy atom. The predicted molar refractivity (Wildman–Crippen MR) is 58.6 cm³/mol. The third kappa shape index (κ3) is 2.54. The summed E-state index contributed by atoms with van der Waals surface area (Å²) in [6, 6.07) is 0. The second-order valence-corrected chi connectivity index (χ2v) is 3.91. The Morgan fingerprint density at radius 2 is 1.52 bits per heavy atom. The molecule has 1 aromatic carbocycles. The molecule has 2 rings (SSSR count). The Labute approximate surface area is 113 Å². The number of benzene rings is 1. The number of rotatable bonds is 3. The number of carboxylic acid groups (broad SMARTS) is 1. The first-order valence-corrected chi connectivity index (χ1v) is 5.37. The van der Waals surface area contributed by atoms with E-state index in [0.717, 1.165) is 12.5 Å². The van der Waals surface area contributed by atoms with E-state index in [-0.39, 0.29) is 5.56 Å². The van der Waals surface area contributed by atoms with E-state index in [4.69, 9.17) is 5.11 Å². The maximum atomic E-state index is 13.7. The zero-order chi connectivity index (χ0) is 15.7. The highest BCUT2D eigenvalue weighted by molar-refractivity contribution is 5.75. The minimum absolute atomic E-state index is 0.284. The second-order valence-electron chi connectivity index (χ2n) is 3.91. The van der Waals surface area contributed by atoms with Gasteiger partial charge in [0.15, 0.2) is 23.3 Å². The van der Waals surface area contributed by atoms with Gasteiger partial charge in [0.2, 0.25) is 5.82 Å². The normalized spacial score (nSPS) is 10.7. The lowest BCUT2D eigenvalue weighted by Gasteiger charge is -2.10. The second kappa shape index (κ2) is 5.43. The Bertz CT molecular complexity index is 707. The lowest BCUT2D eigenvalue weighted by Crippen LogP contribution is -2.09. The SMILES string of the molecule is O=C(O)Cc1cncnc1-c1c(F)c(F)c(F)c(F)c1F. The van der Waals surface area contributed by atoms with Crippen LogP contribution in [0.2, 0.25) is 0 Å². The van der Waals surface area contributed by atoms with Crippen molar-refractivity contribution in [1.82, 2.24) is 9.97 Å². The molecule has 0 radical (unpaired) electrons. The standard InChI is InChI=1S/C12H5F5N2O2/c13-7-6(8(14)10(16)11(17)9(7)15)12-4(1-5(20)21)2-18-3-19-12/h2-3H,1H2,(H,20,21). The van der Waals surface area contributed by atoms with Gasteiger partial charge >= 0.3 is 5.97 Å². The van der Waals surface area contributed by atoms with E-state index in [1.54, 1.807) is 0 Å². The average Bonchev–Trinajstić information content (AvgIpc) is 2.44. The van der Waals surface area contributed by atoms with Crippen LogP contribution in [0.1, 0.15) is 5.56 Å². The predicted octanol–water partition coefficient (Wildman–Crippen LogP) is 2.47. The zero-order valence-corrected chi connectivity index (χ0v) is 10.0. The summed E-state index contributed by atoms with van der Waals surface area (Å²) < 4.78 is 66.6. The van der Waals surface area contributed by atoms with Gasteiger partial charge in [-0.15, -0.1) is 0 Å². The van der Waals surface area contributed by atoms with Crippen molar-refractivity contribution in [3.63, 3.8) is 0 Å². The fourth-order valence-corrected chi connectivity index (χ4v) is 1.69. The van der Waals surface area contributed by atoms with Crippen LogP contribution in [0.3, 0.4) is 0 Å². The summed E-state index contributed by atoms with van der Waals surface area (Å²) in [5.74, 6) is -12.1. The number of carboxylic acids is 1. The van der Waals surface area contributed by atoms with E-state index in [2.05, 4.69) is 9.97 Å². The highest BCUT2D eigenvalue weighted by Crippen LogP contribution is 2.32. The van der Waals surface area contributed by atoms with Gasteiger partial charge in [-0.3, -0.25) is 4.79 Å². The van der Waals surface area contributed by atoms with Crippen LogP contribution in [-0.2, 0) is 11.2 Å². The van der Waals surface area contributed by atoms with Gasteiger partial charge in [0.1, 0.15) is 6.33 Å². The van der Waals surface area contributed by atoms with E-state index in [0.29, 0.717) is 0 Å². The molecule has 4 nitrogen and oxygen atoms in total. The summed E-state index contributed by atoms with van der Waals surface area (Å²) in [7, 11) is 0. The number of aliphatic carboxylic acids is 1. The third-order valence-electron chi connectivity index (χ3n) is 2.58. The van der Waals surface area contributed by atoms with Gasteiger partial charge in [-0.1, -0.05) is 0 Å². The van der Waals surface area contributed by atoms with Crippen LogP contribution in [0.25, 0.3) is 11.3 Å². The van der Waals surface area contributed by atoms with Crippen molar-refractivity contribution in [3.8, 4) is 11.3 Å². The van der Waals surface area contributed by atoms with Crippen LogP contribution in [0.15, 0.2) is 12.5 Å². The summed E-state index contributed by atoms with van der Waals surface area (Å²) in [4.78, 5) is 17.5. The van der Waals surface area contributed by atoms with E-state index in [1.807, 2.05) is 0 Å². The van der Waals surface area contributed by atoms with Gasteiger partial charge in [-0.25, -0.2) is 31.9 Å². The molecule has 1 heterocycles. The molecule has 2 aromatic rings. The van der Waals surface area contributed by atoms with Gasteiger partial charge in [-0.05, 0) is 0 Å². The molecule has 0 spiro atoms. The van der Waals surface area contributed by atoms with E-state index < -0.39 is 52.7 Å². The number of aromatic nitrogens is 2. The van der Waals surface area contributed by atoms with Crippen LogP contribution >= 0.6 is 0 Å². The van der Waals surface area contributed by atoms with Crippen molar-refractivity contribution in [3.05, 3.63) is 47.2 Å². The van der Waals surface area contributed by atoms with E-state index in [9.17, 15) is 26.7 Å². The molecule has 0 fully saturated rings. The smallest absolute Gasteiger partial charge is 0.307 e. The summed E-state index contributed by atoms with van der Waals surface area (Å²) in [5.41, 5.74) is -2.24. The quantitative estimate of drug-likeness (QED) is 0.537. The summed E-state index contributed by atoms with van der Waals surface area (Å²) in [6.45, 7) is 0. The van der Waals surface area contributed by atoms with Gasteiger partial charge in [-0.2, -0.15) is 0 Å². The monoisotopic (exact) mass is 304 g/mol. The fourth-order valence-electron chi connectivity index (χ4n) is 1.69. The Balaban J connectivity index is 2.77. The van der Waals surface area contributed by atoms with Gasteiger partial charge < -0.3 is 5.11 Å². The van der Waals surface area contributed by atoms with Crippen molar-refractivity contribution in [2.45, 2.75) is 6.42 Å². The first-order valence-electron chi connectivity index (χ1n) is 5.37. The number of carbonyl (C=O) groups is 1. The largest absolute Gasteiger partial charge is 0.481 e. The van der Waals surface area contributed by atoms with Crippen LogP contribution < -0.4 is 0 Å². The molecule has 0 aliphatic carbocycles. The molecule has 0 saturated carbocycles. The Morgan fingerprint density at radius 3 is 2.05 bits per heavy atom. The number of halogens is 5. The van der Waals surface area contributed by atoms with Crippen LogP contribution in [0.4, 0.5) is 22.0 Å². The average molecular weight is 304 g/mol. The molecule has 0 aliphatic rings. The van der Waals surface area contributed by atoms with E-state index in [1.165, 1.54) is 0 Å². The van der Waals surface area contributed by atoms with E-state index >= 15 is 0 Å². The van der Waals surface area contributed by atoms with Crippen LogP contribution in [-0.4, -0.2) is 21.0 Å². The van der Waals surface area contributed by atoms with Gasteiger partial charge in [0.25, 0.3) is 0 Å². The molecule has 0 saturated heterocycles. The summed E-state index contributed by atoms with van der Waals surface area (Å²) >= 11 is 0. The molecule has 0 unspecified atom stereocenters. The summed E-state index contributed by atoms with van der Waals surface area (Å²) in [5, 5.41) is 8.68. The third-order valence-corrected chi connectivity index (χ3v) is 2.58. The van der Waals surface area contributed by atoms with Gasteiger partial charge in [0, 0.05) is 11.8 Å². The highest BCUT2D eigenvalue weighted by atomic mass is 19.2. The molecule has 0 aliphatic heterocycles. The maximum Gasteiger partial charge on any atom is 0.307 e. The number of hydrogen-bond donors (Lipinski definition) is 1. The number of hydrogen-bond acceptors (Lipinski definition) is 3. The zero-order valence-electron chi connectivity index (χ0n) is 10.0. The molecule has 21 heavy (non-hydrogen) atoms. The molecule has 110 valence electrons. The van der Waals surface area contributed by atoms with Crippen molar-refractivity contribution in [2.24, 2.45) is 0 Å². The maximum absolute atomic E-state index is 13.7. The lowest BCUT2D eigenvalue weighted by atomic mass is 10.0. The van der Waals surface area contributed by atoms with Crippen molar-refractivity contribution >= 4 is 5.97 Å². The number of nitrogens with zero attached hydrogens (tertiary/aromatic N) is 2. The Hall–Kier alpha value is -2.58. The minimum atomic E-state index is -2.30. The van der Waals surface area contributed by atoms with Crippen molar-refractivity contribution < 1.29 is 31.9 Å². The van der Waals surface area contributed by atoms with Crippen LogP contribution in [0, 0.1) is 29.1 Å².